The fraction of sp³-hybridized carbons (Fsp3) is 0.750. The number of ether oxygens (including phenoxy) is 1. The van der Waals surface area contributed by atoms with Gasteiger partial charge in [-0.05, 0) is 6.42 Å². The molecule has 1 saturated heterocycles. The van der Waals surface area contributed by atoms with Crippen LogP contribution in [0.25, 0.3) is 0 Å². The van der Waals surface area contributed by atoms with E-state index >= 15 is 0 Å². The molecule has 1 heterocycles. The molecule has 1 rings (SSSR count). The van der Waals surface area contributed by atoms with Crippen LogP contribution in [-0.4, -0.2) is 65.2 Å². The maximum absolute atomic E-state index is 12.0. The normalized spacial score (nSPS) is 19.7. The van der Waals surface area contributed by atoms with Crippen molar-refractivity contribution in [2.75, 3.05) is 25.3 Å². The summed E-state index contributed by atoms with van der Waals surface area (Å²) in [5.41, 5.74) is 0. The third-order valence-corrected chi connectivity index (χ3v) is 4.00. The van der Waals surface area contributed by atoms with Crippen molar-refractivity contribution in [2.45, 2.75) is 31.9 Å². The van der Waals surface area contributed by atoms with Crippen molar-refractivity contribution in [1.82, 2.24) is 10.2 Å². The van der Waals surface area contributed by atoms with Gasteiger partial charge in [-0.2, -0.15) is 0 Å². The Kier molecular flexibility index (Phi) is 6.80. The molecule has 0 spiro atoms. The number of carboxylic acids is 1. The van der Waals surface area contributed by atoms with Crippen LogP contribution < -0.4 is 5.32 Å². The number of carboxylic acid groups (broad SMARTS) is 1. The Bertz CT molecular complexity index is 377. The van der Waals surface area contributed by atoms with Gasteiger partial charge >= 0.3 is 5.97 Å². The summed E-state index contributed by atoms with van der Waals surface area (Å²) in [6.07, 6.45) is 0.0759. The maximum atomic E-state index is 12.0. The second-order valence-electron chi connectivity index (χ2n) is 4.44. The molecule has 20 heavy (non-hydrogen) atoms. The van der Waals surface area contributed by atoms with Crippen LogP contribution in [0, 0.1) is 0 Å². The summed E-state index contributed by atoms with van der Waals surface area (Å²) in [5.74, 6) is -0.468. The molecule has 2 atom stereocenters. The first-order valence-corrected chi connectivity index (χ1v) is 7.57. The Balaban J connectivity index is 2.53. The Hall–Kier alpha value is -1.28. The van der Waals surface area contributed by atoms with E-state index < -0.39 is 18.1 Å². The number of hydrogen-bond donors (Lipinski definition) is 2. The molecular weight excluding hydrogens is 284 g/mol. The van der Waals surface area contributed by atoms with Crippen molar-refractivity contribution in [3.05, 3.63) is 0 Å². The van der Waals surface area contributed by atoms with Gasteiger partial charge in [-0.25, -0.2) is 4.79 Å². The number of aliphatic carboxylic acids is 1. The monoisotopic (exact) mass is 304 g/mol. The van der Waals surface area contributed by atoms with Crippen molar-refractivity contribution in [1.29, 1.82) is 0 Å². The predicted molar refractivity (Wildman–Crippen MR) is 74.3 cm³/mol. The first-order valence-electron chi connectivity index (χ1n) is 6.41. The van der Waals surface area contributed by atoms with Crippen molar-refractivity contribution >= 4 is 29.5 Å². The summed E-state index contributed by atoms with van der Waals surface area (Å²) >= 11 is 1.52. The number of thioether (sulfide) groups is 1. The highest BCUT2D eigenvalue weighted by molar-refractivity contribution is 7.99. The molecular formula is C12H20N2O5S. The minimum absolute atomic E-state index is 0.0424. The molecule has 1 aliphatic heterocycles. The van der Waals surface area contributed by atoms with E-state index in [0.717, 1.165) is 6.42 Å². The zero-order valence-electron chi connectivity index (χ0n) is 11.6. The highest BCUT2D eigenvalue weighted by atomic mass is 32.2. The van der Waals surface area contributed by atoms with E-state index in [9.17, 15) is 14.4 Å². The highest BCUT2D eigenvalue weighted by Crippen LogP contribution is 2.22. The van der Waals surface area contributed by atoms with Gasteiger partial charge in [0.25, 0.3) is 0 Å². The first kappa shape index (κ1) is 16.8. The van der Waals surface area contributed by atoms with Crippen LogP contribution in [0.15, 0.2) is 0 Å². The summed E-state index contributed by atoms with van der Waals surface area (Å²) in [6.45, 7) is 1.80. The van der Waals surface area contributed by atoms with E-state index in [1.807, 2.05) is 6.92 Å². The van der Waals surface area contributed by atoms with Gasteiger partial charge in [-0.1, -0.05) is 6.92 Å². The van der Waals surface area contributed by atoms with E-state index in [2.05, 4.69) is 5.32 Å². The third-order valence-electron chi connectivity index (χ3n) is 2.99. The lowest BCUT2D eigenvalue weighted by molar-refractivity contribution is -0.148. The summed E-state index contributed by atoms with van der Waals surface area (Å²) in [5, 5.41) is 11.3. The number of rotatable bonds is 7. The van der Waals surface area contributed by atoms with Gasteiger partial charge in [0.05, 0.1) is 12.4 Å². The van der Waals surface area contributed by atoms with E-state index in [4.69, 9.17) is 9.84 Å². The second-order valence-corrected chi connectivity index (χ2v) is 5.44. The molecule has 1 aliphatic rings. The van der Waals surface area contributed by atoms with Crippen LogP contribution >= 0.6 is 11.8 Å². The van der Waals surface area contributed by atoms with E-state index in [1.165, 1.54) is 18.9 Å². The average Bonchev–Trinajstić information content (AvgIpc) is 2.88. The SMILES string of the molecule is CCCC(=O)N1CSCC1C(=O)NCC(OC)C(=O)O. The quantitative estimate of drug-likeness (QED) is 0.682. The molecule has 0 radical (unpaired) electrons. The summed E-state index contributed by atoms with van der Waals surface area (Å²) in [6, 6.07) is -0.523. The van der Waals surface area contributed by atoms with Crippen LogP contribution in [0.2, 0.25) is 0 Å². The second kappa shape index (κ2) is 8.11. The zero-order chi connectivity index (χ0) is 15.1. The molecule has 2 unspecified atom stereocenters. The Morgan fingerprint density at radius 3 is 2.75 bits per heavy atom. The number of carbonyl (C=O) groups excluding carboxylic acids is 2. The number of nitrogens with one attached hydrogen (secondary N) is 1. The molecule has 0 aromatic carbocycles. The molecule has 114 valence electrons. The first-order chi connectivity index (χ1) is 9.51. The number of methoxy groups -OCH3 is 1. The number of nitrogens with zero attached hydrogens (tertiary/aromatic N) is 1. The minimum Gasteiger partial charge on any atom is -0.479 e. The number of hydrogen-bond acceptors (Lipinski definition) is 5. The van der Waals surface area contributed by atoms with E-state index in [1.54, 1.807) is 4.90 Å². The highest BCUT2D eigenvalue weighted by Gasteiger charge is 2.34. The molecule has 1 fully saturated rings. The minimum atomic E-state index is -1.13. The van der Waals surface area contributed by atoms with E-state index in [-0.39, 0.29) is 18.4 Å². The maximum Gasteiger partial charge on any atom is 0.334 e. The van der Waals surface area contributed by atoms with Crippen LogP contribution in [0.5, 0.6) is 0 Å². The van der Waals surface area contributed by atoms with Crippen molar-refractivity contribution in [2.24, 2.45) is 0 Å². The molecule has 0 aliphatic carbocycles. The lowest BCUT2D eigenvalue weighted by Gasteiger charge is -2.23. The lowest BCUT2D eigenvalue weighted by Crippen LogP contribution is -2.49. The fourth-order valence-electron chi connectivity index (χ4n) is 1.85. The van der Waals surface area contributed by atoms with Gasteiger partial charge < -0.3 is 20.1 Å². The van der Waals surface area contributed by atoms with Gasteiger partial charge in [0.2, 0.25) is 11.8 Å². The summed E-state index contributed by atoms with van der Waals surface area (Å²) in [7, 11) is 1.27. The van der Waals surface area contributed by atoms with Gasteiger partial charge in [0.1, 0.15) is 6.04 Å². The number of carbonyl (C=O) groups is 3. The molecule has 0 bridgehead atoms. The standard InChI is InChI=1S/C12H20N2O5S/c1-3-4-10(15)14-7-20-6-8(14)11(16)13-5-9(19-2)12(17)18/h8-9H,3-7H2,1-2H3,(H,13,16)(H,17,18). The van der Waals surface area contributed by atoms with Gasteiger partial charge in [0, 0.05) is 19.3 Å². The van der Waals surface area contributed by atoms with Gasteiger partial charge in [-0.15, -0.1) is 11.8 Å². The molecule has 2 N–H and O–H groups in total. The van der Waals surface area contributed by atoms with Crippen molar-refractivity contribution in [3.63, 3.8) is 0 Å². The molecule has 8 heteroatoms. The largest absolute Gasteiger partial charge is 0.479 e. The zero-order valence-corrected chi connectivity index (χ0v) is 12.4. The van der Waals surface area contributed by atoms with Crippen LogP contribution in [0.3, 0.4) is 0 Å². The topological polar surface area (TPSA) is 95.9 Å². The smallest absolute Gasteiger partial charge is 0.334 e. The summed E-state index contributed by atoms with van der Waals surface area (Å²) in [4.78, 5) is 36.2. The molecule has 0 aromatic heterocycles. The molecule has 0 aromatic rings. The average molecular weight is 304 g/mol. The van der Waals surface area contributed by atoms with Crippen molar-refractivity contribution < 1.29 is 24.2 Å². The number of amides is 2. The predicted octanol–water partition coefficient (Wildman–Crippen LogP) is -0.0962. The third kappa shape index (κ3) is 4.38. The van der Waals surface area contributed by atoms with Crippen LogP contribution in [-0.2, 0) is 19.1 Å². The van der Waals surface area contributed by atoms with Crippen LogP contribution in [0.4, 0.5) is 0 Å². The Labute approximate surface area is 122 Å². The van der Waals surface area contributed by atoms with Gasteiger partial charge in [-0.3, -0.25) is 9.59 Å². The Morgan fingerprint density at radius 1 is 1.50 bits per heavy atom. The molecule has 2 amide bonds. The fourth-order valence-corrected chi connectivity index (χ4v) is 3.03. The van der Waals surface area contributed by atoms with Crippen molar-refractivity contribution in [3.8, 4) is 0 Å². The molecule has 7 nitrogen and oxygen atoms in total. The molecule has 0 saturated carbocycles. The summed E-state index contributed by atoms with van der Waals surface area (Å²) < 4.78 is 4.74. The Morgan fingerprint density at radius 2 is 2.20 bits per heavy atom. The van der Waals surface area contributed by atoms with Crippen LogP contribution in [0.1, 0.15) is 19.8 Å². The van der Waals surface area contributed by atoms with E-state index in [0.29, 0.717) is 18.1 Å². The van der Waals surface area contributed by atoms with Gasteiger partial charge in [0.15, 0.2) is 6.10 Å². The lowest BCUT2D eigenvalue weighted by atomic mass is 10.2.